The monoisotopic (exact) mass is 204 g/mol. The molecule has 1 saturated carbocycles. The second-order valence-corrected chi connectivity index (χ2v) is 5.47. The standard InChI is InChI=1S/C14H25B/c1-6-14(7-2,11(4)12(5)15)9-13-8-10(13)3/h10,13H,6-9H2,1-5H3/b12-11-. The molecule has 0 nitrogen and oxygen atoms in total. The normalized spacial score (nSPS) is 27.5. The van der Waals surface area contributed by atoms with Crippen molar-refractivity contribution in [3.63, 3.8) is 0 Å². The maximum atomic E-state index is 5.98. The van der Waals surface area contributed by atoms with E-state index in [9.17, 15) is 0 Å². The smallest absolute Gasteiger partial charge is 0.107 e. The predicted molar refractivity (Wildman–Crippen MR) is 69.0 cm³/mol. The lowest BCUT2D eigenvalue weighted by Gasteiger charge is -2.35. The molecule has 1 aliphatic rings. The van der Waals surface area contributed by atoms with Crippen molar-refractivity contribution in [2.75, 3.05) is 0 Å². The molecule has 0 spiro atoms. The molecule has 0 aromatic carbocycles. The third-order valence-electron chi connectivity index (χ3n) is 4.67. The zero-order valence-corrected chi connectivity index (χ0v) is 11.1. The zero-order chi connectivity index (χ0) is 11.6. The second kappa shape index (κ2) is 4.76. The van der Waals surface area contributed by atoms with Crippen LogP contribution in [0.25, 0.3) is 0 Å². The highest BCUT2D eigenvalue weighted by Gasteiger charge is 2.40. The van der Waals surface area contributed by atoms with Crippen molar-refractivity contribution in [1.82, 2.24) is 0 Å². The fourth-order valence-corrected chi connectivity index (χ4v) is 2.83. The summed E-state index contributed by atoms with van der Waals surface area (Å²) in [6.07, 6.45) is 5.24. The Hall–Kier alpha value is -0.195. The molecule has 1 aliphatic carbocycles. The van der Waals surface area contributed by atoms with E-state index in [1.165, 1.54) is 31.3 Å². The molecular weight excluding hydrogens is 179 g/mol. The van der Waals surface area contributed by atoms with Crippen LogP contribution in [0.3, 0.4) is 0 Å². The maximum absolute atomic E-state index is 5.98. The second-order valence-electron chi connectivity index (χ2n) is 5.47. The summed E-state index contributed by atoms with van der Waals surface area (Å²) in [6, 6.07) is 0. The van der Waals surface area contributed by atoms with Crippen LogP contribution < -0.4 is 0 Å². The summed E-state index contributed by atoms with van der Waals surface area (Å²) in [6.45, 7) is 11.3. The Labute approximate surface area is 96.9 Å². The SMILES string of the molecule is [B]/C(C)=C(/C)C(CC)(CC)CC1CC1C. The summed E-state index contributed by atoms with van der Waals surface area (Å²) in [7, 11) is 5.98. The van der Waals surface area contributed by atoms with E-state index in [-0.39, 0.29) is 0 Å². The lowest BCUT2D eigenvalue weighted by Crippen LogP contribution is -2.23. The Balaban J connectivity index is 2.82. The molecule has 0 aromatic rings. The van der Waals surface area contributed by atoms with Crippen molar-refractivity contribution in [3.8, 4) is 0 Å². The highest BCUT2D eigenvalue weighted by Crippen LogP contribution is 2.51. The lowest BCUT2D eigenvalue weighted by molar-refractivity contribution is 0.277. The van der Waals surface area contributed by atoms with Crippen LogP contribution in [0.5, 0.6) is 0 Å². The lowest BCUT2D eigenvalue weighted by atomic mass is 9.68. The van der Waals surface area contributed by atoms with E-state index in [4.69, 9.17) is 7.85 Å². The molecule has 84 valence electrons. The third-order valence-corrected chi connectivity index (χ3v) is 4.67. The minimum atomic E-state index is 0.383. The summed E-state index contributed by atoms with van der Waals surface area (Å²) in [4.78, 5) is 0. The molecule has 0 amide bonds. The van der Waals surface area contributed by atoms with Crippen molar-refractivity contribution in [2.24, 2.45) is 17.3 Å². The first kappa shape index (κ1) is 12.9. The first-order valence-corrected chi connectivity index (χ1v) is 6.40. The van der Waals surface area contributed by atoms with Gasteiger partial charge >= 0.3 is 0 Å². The molecule has 0 N–H and O–H groups in total. The first-order chi connectivity index (χ1) is 6.96. The minimum absolute atomic E-state index is 0.383. The largest absolute Gasteiger partial charge is 0.121 e. The maximum Gasteiger partial charge on any atom is 0.107 e. The van der Waals surface area contributed by atoms with Gasteiger partial charge in [0.05, 0.1) is 0 Å². The van der Waals surface area contributed by atoms with Crippen LogP contribution in [0.4, 0.5) is 0 Å². The van der Waals surface area contributed by atoms with E-state index in [2.05, 4.69) is 27.7 Å². The summed E-state index contributed by atoms with van der Waals surface area (Å²) >= 11 is 0. The van der Waals surface area contributed by atoms with Gasteiger partial charge in [0, 0.05) is 0 Å². The van der Waals surface area contributed by atoms with Crippen LogP contribution in [-0.2, 0) is 0 Å². The molecule has 0 aliphatic heterocycles. The Morgan fingerprint density at radius 3 is 2.00 bits per heavy atom. The van der Waals surface area contributed by atoms with Gasteiger partial charge in [-0.05, 0) is 49.9 Å². The van der Waals surface area contributed by atoms with E-state index in [1.54, 1.807) is 0 Å². The molecule has 0 saturated heterocycles. The predicted octanol–water partition coefficient (Wildman–Crippen LogP) is 4.30. The topological polar surface area (TPSA) is 0 Å². The van der Waals surface area contributed by atoms with Gasteiger partial charge in [-0.1, -0.05) is 33.3 Å². The van der Waals surface area contributed by atoms with Gasteiger partial charge in [-0.2, -0.15) is 0 Å². The van der Waals surface area contributed by atoms with Crippen LogP contribution >= 0.6 is 0 Å². The van der Waals surface area contributed by atoms with E-state index < -0.39 is 0 Å². The number of hydrogen-bond acceptors (Lipinski definition) is 0. The first-order valence-electron chi connectivity index (χ1n) is 6.40. The van der Waals surface area contributed by atoms with Crippen LogP contribution in [0.1, 0.15) is 60.3 Å². The zero-order valence-electron chi connectivity index (χ0n) is 11.1. The Morgan fingerprint density at radius 2 is 1.73 bits per heavy atom. The van der Waals surface area contributed by atoms with Gasteiger partial charge in [0.2, 0.25) is 0 Å². The fourth-order valence-electron chi connectivity index (χ4n) is 2.83. The Kier molecular flexibility index (Phi) is 4.09. The molecule has 1 heteroatoms. The molecule has 2 radical (unpaired) electrons. The van der Waals surface area contributed by atoms with Gasteiger partial charge in [-0.25, -0.2) is 0 Å². The van der Waals surface area contributed by atoms with Crippen LogP contribution in [0.2, 0.25) is 0 Å². The van der Waals surface area contributed by atoms with Crippen molar-refractivity contribution >= 4 is 7.85 Å². The van der Waals surface area contributed by atoms with E-state index in [0.717, 1.165) is 17.3 Å². The summed E-state index contributed by atoms with van der Waals surface area (Å²) in [5, 5.41) is 0. The number of rotatable bonds is 5. The van der Waals surface area contributed by atoms with Crippen LogP contribution in [0.15, 0.2) is 11.0 Å². The molecule has 15 heavy (non-hydrogen) atoms. The highest BCUT2D eigenvalue weighted by atomic mass is 14.4. The minimum Gasteiger partial charge on any atom is -0.121 e. The van der Waals surface area contributed by atoms with Gasteiger partial charge in [0.1, 0.15) is 7.85 Å². The average Bonchev–Trinajstić information content (AvgIpc) is 2.89. The van der Waals surface area contributed by atoms with E-state index in [1.807, 2.05) is 6.92 Å². The molecule has 1 rings (SSSR count). The van der Waals surface area contributed by atoms with Crippen molar-refractivity contribution < 1.29 is 0 Å². The third kappa shape index (κ3) is 2.68. The van der Waals surface area contributed by atoms with Gasteiger partial charge < -0.3 is 0 Å². The molecule has 0 aromatic heterocycles. The average molecular weight is 204 g/mol. The summed E-state index contributed by atoms with van der Waals surface area (Å²) in [5.41, 5.74) is 2.85. The number of hydrogen-bond donors (Lipinski definition) is 0. The van der Waals surface area contributed by atoms with Crippen molar-refractivity contribution in [3.05, 3.63) is 11.0 Å². The van der Waals surface area contributed by atoms with E-state index in [0.29, 0.717) is 5.41 Å². The van der Waals surface area contributed by atoms with Gasteiger partial charge in [-0.3, -0.25) is 0 Å². The van der Waals surface area contributed by atoms with Crippen molar-refractivity contribution in [1.29, 1.82) is 0 Å². The highest BCUT2D eigenvalue weighted by molar-refractivity contribution is 6.21. The fraction of sp³-hybridized carbons (Fsp3) is 0.857. The van der Waals surface area contributed by atoms with Gasteiger partial charge in [0.15, 0.2) is 0 Å². The van der Waals surface area contributed by atoms with Gasteiger partial charge in [0.25, 0.3) is 0 Å². The Bertz CT molecular complexity index is 244. The molecular formula is C14H25B. The Morgan fingerprint density at radius 1 is 1.27 bits per heavy atom. The molecule has 0 heterocycles. The van der Waals surface area contributed by atoms with Crippen LogP contribution in [0, 0.1) is 17.3 Å². The molecule has 1 fully saturated rings. The molecule has 0 bridgehead atoms. The van der Waals surface area contributed by atoms with E-state index >= 15 is 0 Å². The van der Waals surface area contributed by atoms with Crippen LogP contribution in [-0.4, -0.2) is 7.85 Å². The molecule has 2 unspecified atom stereocenters. The van der Waals surface area contributed by atoms with Crippen molar-refractivity contribution in [2.45, 2.75) is 60.3 Å². The summed E-state index contributed by atoms with van der Waals surface area (Å²) < 4.78 is 0. The summed E-state index contributed by atoms with van der Waals surface area (Å²) in [5.74, 6) is 1.91. The van der Waals surface area contributed by atoms with Gasteiger partial charge in [-0.15, -0.1) is 5.47 Å². The quantitative estimate of drug-likeness (QED) is 0.585. The molecule has 2 atom stereocenters. The number of allylic oxidation sites excluding steroid dienone is 2.